The Labute approximate surface area is 146 Å². The molecule has 24 heavy (non-hydrogen) atoms. The standard InChI is InChI=1S/C15H21ClFN3O3S/c1-3-6-20(11-4-5-18-9-11)24(22,23)15-7-12(16)14(8-13(15)17)19-10(2)21/h7-8,11,18H,3-6,9H2,1-2H3,(H,19,21). The van der Waals surface area contributed by atoms with E-state index in [0.29, 0.717) is 25.9 Å². The van der Waals surface area contributed by atoms with Crippen LogP contribution in [0, 0.1) is 5.82 Å². The molecule has 0 aliphatic carbocycles. The Balaban J connectivity index is 2.43. The van der Waals surface area contributed by atoms with Gasteiger partial charge in [-0.2, -0.15) is 4.31 Å². The van der Waals surface area contributed by atoms with Crippen LogP contribution in [0.2, 0.25) is 5.02 Å². The lowest BCUT2D eigenvalue weighted by molar-refractivity contribution is -0.114. The van der Waals surface area contributed by atoms with Crippen molar-refractivity contribution < 1.29 is 17.6 Å². The molecule has 6 nitrogen and oxygen atoms in total. The zero-order valence-corrected chi connectivity index (χ0v) is 15.2. The third kappa shape index (κ3) is 4.05. The first-order valence-corrected chi connectivity index (χ1v) is 9.58. The number of nitrogens with one attached hydrogen (secondary N) is 2. The minimum absolute atomic E-state index is 0.0221. The van der Waals surface area contributed by atoms with Gasteiger partial charge in [-0.15, -0.1) is 0 Å². The fourth-order valence-corrected chi connectivity index (χ4v) is 4.84. The van der Waals surface area contributed by atoms with Crippen LogP contribution >= 0.6 is 11.6 Å². The summed E-state index contributed by atoms with van der Waals surface area (Å²) in [5.41, 5.74) is 0.0465. The lowest BCUT2D eigenvalue weighted by Gasteiger charge is -2.27. The predicted molar refractivity (Wildman–Crippen MR) is 91.2 cm³/mol. The molecule has 134 valence electrons. The summed E-state index contributed by atoms with van der Waals surface area (Å²) in [6.45, 7) is 4.70. The molecule has 1 atom stereocenters. The first-order chi connectivity index (χ1) is 11.3. The van der Waals surface area contributed by atoms with Gasteiger partial charge in [0.25, 0.3) is 0 Å². The molecule has 1 heterocycles. The molecule has 1 aromatic carbocycles. The van der Waals surface area contributed by atoms with Gasteiger partial charge in [-0.25, -0.2) is 12.8 Å². The number of carbonyl (C=O) groups excluding carboxylic acids is 1. The number of anilines is 1. The van der Waals surface area contributed by atoms with Crippen LogP contribution in [0.1, 0.15) is 26.7 Å². The predicted octanol–water partition coefficient (Wildman–Crippen LogP) is 2.20. The van der Waals surface area contributed by atoms with Crippen LogP contribution in [0.4, 0.5) is 10.1 Å². The van der Waals surface area contributed by atoms with E-state index < -0.39 is 26.6 Å². The Bertz CT molecular complexity index is 721. The monoisotopic (exact) mass is 377 g/mol. The van der Waals surface area contributed by atoms with Crippen molar-refractivity contribution in [2.75, 3.05) is 25.0 Å². The summed E-state index contributed by atoms with van der Waals surface area (Å²) < 4.78 is 41.6. The van der Waals surface area contributed by atoms with Gasteiger partial charge in [-0.3, -0.25) is 4.79 Å². The smallest absolute Gasteiger partial charge is 0.246 e. The van der Waals surface area contributed by atoms with Crippen molar-refractivity contribution in [2.45, 2.75) is 37.6 Å². The maximum absolute atomic E-state index is 14.4. The molecule has 1 aromatic rings. The molecule has 0 aromatic heterocycles. The van der Waals surface area contributed by atoms with Crippen LogP contribution in [0.3, 0.4) is 0 Å². The maximum Gasteiger partial charge on any atom is 0.246 e. The molecular formula is C15H21ClFN3O3S. The second-order valence-electron chi connectivity index (χ2n) is 5.71. The first kappa shape index (κ1) is 19.1. The Morgan fingerprint density at radius 3 is 2.75 bits per heavy atom. The molecule has 0 saturated carbocycles. The van der Waals surface area contributed by atoms with E-state index in [2.05, 4.69) is 10.6 Å². The lowest BCUT2D eigenvalue weighted by atomic mass is 10.2. The van der Waals surface area contributed by atoms with E-state index in [1.807, 2.05) is 6.92 Å². The highest BCUT2D eigenvalue weighted by Gasteiger charge is 2.34. The van der Waals surface area contributed by atoms with Crippen LogP contribution in [0.15, 0.2) is 17.0 Å². The maximum atomic E-state index is 14.4. The van der Waals surface area contributed by atoms with Gasteiger partial charge in [-0.1, -0.05) is 18.5 Å². The van der Waals surface area contributed by atoms with E-state index in [-0.39, 0.29) is 16.8 Å². The van der Waals surface area contributed by atoms with Crippen molar-refractivity contribution in [3.8, 4) is 0 Å². The van der Waals surface area contributed by atoms with E-state index >= 15 is 0 Å². The fourth-order valence-electron chi connectivity index (χ4n) is 2.74. The van der Waals surface area contributed by atoms with Gasteiger partial charge in [0.15, 0.2) is 0 Å². The highest BCUT2D eigenvalue weighted by atomic mass is 35.5. The molecule has 2 rings (SSSR count). The van der Waals surface area contributed by atoms with Crippen molar-refractivity contribution in [3.63, 3.8) is 0 Å². The summed E-state index contributed by atoms with van der Waals surface area (Å²) in [4.78, 5) is 10.6. The van der Waals surface area contributed by atoms with Crippen LogP contribution < -0.4 is 10.6 Å². The minimum Gasteiger partial charge on any atom is -0.325 e. The average Bonchev–Trinajstić information content (AvgIpc) is 3.01. The summed E-state index contributed by atoms with van der Waals surface area (Å²) in [5.74, 6) is -1.35. The molecule has 0 bridgehead atoms. The van der Waals surface area contributed by atoms with E-state index in [0.717, 1.165) is 18.7 Å². The number of hydrogen-bond donors (Lipinski definition) is 2. The fraction of sp³-hybridized carbons (Fsp3) is 0.533. The molecule has 1 aliphatic heterocycles. The van der Waals surface area contributed by atoms with E-state index in [4.69, 9.17) is 11.6 Å². The first-order valence-electron chi connectivity index (χ1n) is 7.76. The average molecular weight is 378 g/mol. The van der Waals surface area contributed by atoms with Gasteiger partial charge >= 0.3 is 0 Å². The second-order valence-corrected chi connectivity index (χ2v) is 7.97. The molecule has 2 N–H and O–H groups in total. The Hall–Kier alpha value is -1.22. The van der Waals surface area contributed by atoms with Crippen LogP contribution in [-0.4, -0.2) is 44.3 Å². The third-order valence-electron chi connectivity index (χ3n) is 3.80. The molecule has 1 saturated heterocycles. The molecular weight excluding hydrogens is 357 g/mol. The minimum atomic E-state index is -4.02. The van der Waals surface area contributed by atoms with Crippen molar-refractivity contribution in [1.82, 2.24) is 9.62 Å². The van der Waals surface area contributed by atoms with E-state index in [1.54, 1.807) is 0 Å². The lowest BCUT2D eigenvalue weighted by Crippen LogP contribution is -2.42. The molecule has 0 radical (unpaired) electrons. The molecule has 1 unspecified atom stereocenters. The van der Waals surface area contributed by atoms with E-state index in [9.17, 15) is 17.6 Å². The van der Waals surface area contributed by atoms with Gasteiger partial charge in [-0.05, 0) is 25.5 Å². The molecule has 1 fully saturated rings. The summed E-state index contributed by atoms with van der Waals surface area (Å²) in [5, 5.41) is 5.47. The highest BCUT2D eigenvalue weighted by molar-refractivity contribution is 7.89. The molecule has 9 heteroatoms. The summed E-state index contributed by atoms with van der Waals surface area (Å²) >= 11 is 6.02. The number of sulfonamides is 1. The number of halogens is 2. The highest BCUT2D eigenvalue weighted by Crippen LogP contribution is 2.31. The normalized spacial score (nSPS) is 18.1. The number of rotatable bonds is 6. The summed E-state index contributed by atoms with van der Waals surface area (Å²) in [6.07, 6.45) is 1.30. The zero-order valence-electron chi connectivity index (χ0n) is 13.6. The van der Waals surface area contributed by atoms with Crippen LogP contribution in [0.25, 0.3) is 0 Å². The summed E-state index contributed by atoms with van der Waals surface area (Å²) in [7, 11) is -4.02. The Morgan fingerprint density at radius 2 is 2.21 bits per heavy atom. The van der Waals surface area contributed by atoms with Gasteiger partial charge < -0.3 is 10.6 Å². The van der Waals surface area contributed by atoms with Gasteiger partial charge in [0, 0.05) is 32.1 Å². The number of hydrogen-bond acceptors (Lipinski definition) is 4. The topological polar surface area (TPSA) is 78.5 Å². The van der Waals surface area contributed by atoms with Crippen LogP contribution in [0.5, 0.6) is 0 Å². The Kier molecular flexibility index (Phi) is 6.19. The second kappa shape index (κ2) is 7.77. The van der Waals surface area contributed by atoms with Crippen molar-refractivity contribution >= 4 is 33.2 Å². The van der Waals surface area contributed by atoms with Gasteiger partial charge in [0.1, 0.15) is 10.7 Å². The van der Waals surface area contributed by atoms with Crippen molar-refractivity contribution in [2.24, 2.45) is 0 Å². The molecule has 1 aliphatic rings. The number of amides is 1. The number of benzene rings is 1. The Morgan fingerprint density at radius 1 is 1.50 bits per heavy atom. The largest absolute Gasteiger partial charge is 0.325 e. The quantitative estimate of drug-likeness (QED) is 0.796. The van der Waals surface area contributed by atoms with Gasteiger partial charge in [0.2, 0.25) is 15.9 Å². The number of nitrogens with zero attached hydrogens (tertiary/aromatic N) is 1. The van der Waals surface area contributed by atoms with Crippen molar-refractivity contribution in [3.05, 3.63) is 23.0 Å². The van der Waals surface area contributed by atoms with Gasteiger partial charge in [0.05, 0.1) is 10.7 Å². The zero-order chi connectivity index (χ0) is 17.9. The van der Waals surface area contributed by atoms with E-state index in [1.165, 1.54) is 11.2 Å². The van der Waals surface area contributed by atoms with Crippen LogP contribution in [-0.2, 0) is 14.8 Å². The molecule has 1 amide bonds. The summed E-state index contributed by atoms with van der Waals surface area (Å²) in [6, 6.07) is 1.79. The third-order valence-corrected chi connectivity index (χ3v) is 6.08. The molecule has 0 spiro atoms. The number of carbonyl (C=O) groups is 1. The van der Waals surface area contributed by atoms with Crippen molar-refractivity contribution in [1.29, 1.82) is 0 Å². The SMILES string of the molecule is CCCN(C1CCNC1)S(=O)(=O)c1cc(Cl)c(NC(C)=O)cc1F.